The molecule has 4 rings (SSSR count). The number of ether oxygens (including phenoxy) is 1. The molecular formula is C16H23N5OS. The van der Waals surface area contributed by atoms with Gasteiger partial charge in [-0.3, -0.25) is 4.90 Å². The van der Waals surface area contributed by atoms with Gasteiger partial charge in [0.05, 0.1) is 29.5 Å². The van der Waals surface area contributed by atoms with Crippen molar-refractivity contribution in [3.63, 3.8) is 0 Å². The Kier molecular flexibility index (Phi) is 4.17. The Labute approximate surface area is 140 Å². The summed E-state index contributed by atoms with van der Waals surface area (Å²) in [5.74, 6) is 0. The Balaban J connectivity index is 1.44. The Morgan fingerprint density at radius 1 is 1.22 bits per heavy atom. The first kappa shape index (κ1) is 15.2. The Morgan fingerprint density at radius 3 is 2.65 bits per heavy atom. The summed E-state index contributed by atoms with van der Waals surface area (Å²) in [6, 6.07) is 1.77. The molecule has 2 aliphatic heterocycles. The first-order chi connectivity index (χ1) is 11.2. The van der Waals surface area contributed by atoms with Gasteiger partial charge in [0.15, 0.2) is 0 Å². The summed E-state index contributed by atoms with van der Waals surface area (Å²) in [6.07, 6.45) is 6.96. The lowest BCUT2D eigenvalue weighted by Gasteiger charge is -2.38. The van der Waals surface area contributed by atoms with Crippen LogP contribution in [0.3, 0.4) is 0 Å². The standard InChI is InChI=1S/C16H23N5OS/c1-11-17-13(10-23-11)7-20-14-3-4-15(20)6-16(5-14)21-8-12(9-22-2)18-19-21/h8,10,14-16H,3-7,9H2,1-2H3. The van der Waals surface area contributed by atoms with Crippen molar-refractivity contribution >= 4 is 11.3 Å². The molecule has 0 aromatic carbocycles. The molecule has 7 heteroatoms. The molecule has 2 atom stereocenters. The second-order valence-corrected chi connectivity index (χ2v) is 7.73. The fourth-order valence-corrected chi connectivity index (χ4v) is 4.70. The summed E-state index contributed by atoms with van der Waals surface area (Å²) >= 11 is 1.75. The maximum Gasteiger partial charge on any atom is 0.108 e. The number of aryl methyl sites for hydroxylation is 1. The van der Waals surface area contributed by atoms with E-state index in [1.807, 2.05) is 6.20 Å². The monoisotopic (exact) mass is 333 g/mol. The van der Waals surface area contributed by atoms with Crippen LogP contribution in [0.15, 0.2) is 11.6 Å². The highest BCUT2D eigenvalue weighted by atomic mass is 32.1. The van der Waals surface area contributed by atoms with E-state index in [9.17, 15) is 0 Å². The van der Waals surface area contributed by atoms with E-state index >= 15 is 0 Å². The zero-order valence-electron chi connectivity index (χ0n) is 13.7. The quantitative estimate of drug-likeness (QED) is 0.842. The molecule has 2 aliphatic rings. The van der Waals surface area contributed by atoms with E-state index in [0.717, 1.165) is 30.1 Å². The Bertz CT molecular complexity index is 655. The Hall–Kier alpha value is -1.31. The fourth-order valence-electron chi connectivity index (χ4n) is 4.09. The number of piperidine rings is 1. The summed E-state index contributed by atoms with van der Waals surface area (Å²) in [5, 5.41) is 11.9. The van der Waals surface area contributed by atoms with Crippen molar-refractivity contribution in [1.29, 1.82) is 0 Å². The van der Waals surface area contributed by atoms with Gasteiger partial charge in [-0.1, -0.05) is 5.21 Å². The van der Waals surface area contributed by atoms with Crippen molar-refractivity contribution < 1.29 is 4.74 Å². The molecule has 2 fully saturated rings. The summed E-state index contributed by atoms with van der Waals surface area (Å²) in [5.41, 5.74) is 2.14. The minimum absolute atomic E-state index is 0.471. The lowest BCUT2D eigenvalue weighted by atomic mass is 9.97. The Morgan fingerprint density at radius 2 is 2.00 bits per heavy atom. The van der Waals surface area contributed by atoms with Gasteiger partial charge in [0, 0.05) is 31.1 Å². The number of methoxy groups -OCH3 is 1. The van der Waals surface area contributed by atoms with Gasteiger partial charge in [-0.2, -0.15) is 0 Å². The topological polar surface area (TPSA) is 56.1 Å². The summed E-state index contributed by atoms with van der Waals surface area (Å²) in [4.78, 5) is 7.30. The molecular weight excluding hydrogens is 310 g/mol. The van der Waals surface area contributed by atoms with Gasteiger partial charge in [-0.15, -0.1) is 16.4 Å². The lowest BCUT2D eigenvalue weighted by molar-refractivity contribution is 0.0933. The number of aromatic nitrogens is 4. The average Bonchev–Trinajstić information content (AvgIpc) is 3.21. The van der Waals surface area contributed by atoms with Crippen molar-refractivity contribution in [2.24, 2.45) is 0 Å². The minimum atomic E-state index is 0.471. The number of rotatable bonds is 5. The number of hydrogen-bond donors (Lipinski definition) is 0. The third-order valence-corrected chi connectivity index (χ3v) is 5.92. The van der Waals surface area contributed by atoms with Crippen LogP contribution in [0.1, 0.15) is 48.1 Å². The summed E-state index contributed by atoms with van der Waals surface area (Å²) in [6.45, 7) is 3.62. The molecule has 0 spiro atoms. The lowest BCUT2D eigenvalue weighted by Crippen LogP contribution is -2.43. The van der Waals surface area contributed by atoms with Crippen molar-refractivity contribution in [3.8, 4) is 0 Å². The van der Waals surface area contributed by atoms with E-state index in [1.54, 1.807) is 18.4 Å². The van der Waals surface area contributed by atoms with Gasteiger partial charge in [0.25, 0.3) is 0 Å². The van der Waals surface area contributed by atoms with E-state index in [1.165, 1.54) is 18.5 Å². The van der Waals surface area contributed by atoms with E-state index in [4.69, 9.17) is 4.74 Å². The van der Waals surface area contributed by atoms with Crippen LogP contribution in [0.4, 0.5) is 0 Å². The first-order valence-corrected chi connectivity index (χ1v) is 9.17. The maximum absolute atomic E-state index is 5.14. The molecule has 2 unspecified atom stereocenters. The molecule has 0 saturated carbocycles. The second kappa shape index (κ2) is 6.30. The minimum Gasteiger partial charge on any atom is -0.378 e. The van der Waals surface area contributed by atoms with Gasteiger partial charge in [-0.05, 0) is 32.6 Å². The van der Waals surface area contributed by atoms with Crippen LogP contribution in [0.5, 0.6) is 0 Å². The molecule has 23 heavy (non-hydrogen) atoms. The molecule has 2 aromatic heterocycles. The second-order valence-electron chi connectivity index (χ2n) is 6.66. The van der Waals surface area contributed by atoms with Crippen LogP contribution in [0.2, 0.25) is 0 Å². The predicted molar refractivity (Wildman–Crippen MR) is 88.2 cm³/mol. The van der Waals surface area contributed by atoms with E-state index < -0.39 is 0 Å². The third-order valence-electron chi connectivity index (χ3n) is 5.09. The first-order valence-electron chi connectivity index (χ1n) is 8.29. The molecule has 0 aliphatic carbocycles. The average molecular weight is 333 g/mol. The molecule has 0 amide bonds. The molecule has 2 bridgehead atoms. The molecule has 2 saturated heterocycles. The zero-order valence-corrected chi connectivity index (χ0v) is 14.5. The largest absolute Gasteiger partial charge is 0.378 e. The highest BCUT2D eigenvalue weighted by molar-refractivity contribution is 7.09. The van der Waals surface area contributed by atoms with Crippen LogP contribution in [-0.4, -0.2) is 44.1 Å². The molecule has 4 heterocycles. The maximum atomic E-state index is 5.14. The van der Waals surface area contributed by atoms with Crippen LogP contribution >= 0.6 is 11.3 Å². The number of nitrogens with zero attached hydrogens (tertiary/aromatic N) is 5. The van der Waals surface area contributed by atoms with Crippen molar-refractivity contribution in [2.75, 3.05) is 7.11 Å². The van der Waals surface area contributed by atoms with Gasteiger partial charge in [0.1, 0.15) is 5.69 Å². The van der Waals surface area contributed by atoms with Crippen molar-refractivity contribution in [3.05, 3.63) is 28.0 Å². The van der Waals surface area contributed by atoms with E-state index in [2.05, 4.69) is 37.2 Å². The van der Waals surface area contributed by atoms with Crippen molar-refractivity contribution in [2.45, 2.75) is 63.9 Å². The molecule has 6 nitrogen and oxygen atoms in total. The van der Waals surface area contributed by atoms with Gasteiger partial charge < -0.3 is 4.74 Å². The summed E-state index contributed by atoms with van der Waals surface area (Å²) in [7, 11) is 1.69. The number of fused-ring (bicyclic) bond motifs is 2. The fraction of sp³-hybridized carbons (Fsp3) is 0.688. The van der Waals surface area contributed by atoms with Crippen LogP contribution < -0.4 is 0 Å². The van der Waals surface area contributed by atoms with Crippen molar-refractivity contribution in [1.82, 2.24) is 24.9 Å². The van der Waals surface area contributed by atoms with Gasteiger partial charge in [-0.25, -0.2) is 9.67 Å². The van der Waals surface area contributed by atoms with Gasteiger partial charge >= 0.3 is 0 Å². The van der Waals surface area contributed by atoms with Gasteiger partial charge in [0.2, 0.25) is 0 Å². The predicted octanol–water partition coefficient (Wildman–Crippen LogP) is 2.56. The molecule has 2 aromatic rings. The van der Waals surface area contributed by atoms with Crippen LogP contribution in [0, 0.1) is 6.92 Å². The molecule has 0 radical (unpaired) electrons. The number of hydrogen-bond acceptors (Lipinski definition) is 6. The zero-order chi connectivity index (χ0) is 15.8. The van der Waals surface area contributed by atoms with Crippen LogP contribution in [-0.2, 0) is 17.9 Å². The SMILES string of the molecule is COCc1cn(C2CC3CCC(C2)N3Cc2csc(C)n2)nn1. The highest BCUT2D eigenvalue weighted by Crippen LogP contribution is 2.41. The molecule has 0 N–H and O–H groups in total. The smallest absolute Gasteiger partial charge is 0.108 e. The van der Waals surface area contributed by atoms with E-state index in [0.29, 0.717) is 24.7 Å². The normalized spacial score (nSPS) is 27.7. The number of thiazole rings is 1. The highest BCUT2D eigenvalue weighted by Gasteiger charge is 2.41. The summed E-state index contributed by atoms with van der Waals surface area (Å²) < 4.78 is 7.20. The van der Waals surface area contributed by atoms with E-state index in [-0.39, 0.29) is 0 Å². The third kappa shape index (κ3) is 3.05. The van der Waals surface area contributed by atoms with Crippen LogP contribution in [0.25, 0.3) is 0 Å². The molecule has 124 valence electrons.